The summed E-state index contributed by atoms with van der Waals surface area (Å²) in [5.74, 6) is -0.537. The van der Waals surface area contributed by atoms with Crippen molar-refractivity contribution in [2.24, 2.45) is 0 Å². The van der Waals surface area contributed by atoms with Crippen LogP contribution in [0.15, 0.2) is 35.4 Å². The molecule has 0 spiro atoms. The standard InChI is InChI=1S/C13H11N5O2S/c1-2-10-16-17-13(21-10)15-11(19)8-7-14-9-5-3-4-6-18(9)12(8)20/h3-7H,2H2,1H3,(H,15,17,19). The lowest BCUT2D eigenvalue weighted by Crippen LogP contribution is -2.26. The van der Waals surface area contributed by atoms with E-state index in [0.29, 0.717) is 10.8 Å². The third kappa shape index (κ3) is 2.52. The number of aromatic nitrogens is 4. The van der Waals surface area contributed by atoms with Gasteiger partial charge in [-0.05, 0) is 18.6 Å². The van der Waals surface area contributed by atoms with Gasteiger partial charge in [0.1, 0.15) is 16.2 Å². The molecule has 8 heteroatoms. The Morgan fingerprint density at radius 2 is 2.24 bits per heavy atom. The van der Waals surface area contributed by atoms with Gasteiger partial charge in [0, 0.05) is 12.4 Å². The second kappa shape index (κ2) is 5.41. The van der Waals surface area contributed by atoms with Crippen molar-refractivity contribution in [2.45, 2.75) is 13.3 Å². The Hall–Kier alpha value is -2.61. The van der Waals surface area contributed by atoms with E-state index in [-0.39, 0.29) is 5.56 Å². The zero-order chi connectivity index (χ0) is 14.8. The molecule has 0 unspecified atom stereocenters. The molecule has 0 fully saturated rings. The van der Waals surface area contributed by atoms with Gasteiger partial charge in [-0.1, -0.05) is 24.3 Å². The molecule has 3 aromatic heterocycles. The number of hydrogen-bond acceptors (Lipinski definition) is 6. The Labute approximate surface area is 123 Å². The second-order valence-electron chi connectivity index (χ2n) is 4.21. The molecule has 0 saturated carbocycles. The molecule has 0 bridgehead atoms. The lowest BCUT2D eigenvalue weighted by molar-refractivity contribution is 0.102. The fourth-order valence-electron chi connectivity index (χ4n) is 1.79. The van der Waals surface area contributed by atoms with Gasteiger partial charge in [0.25, 0.3) is 11.5 Å². The normalized spacial score (nSPS) is 10.7. The summed E-state index contributed by atoms with van der Waals surface area (Å²) in [6.45, 7) is 1.95. The topological polar surface area (TPSA) is 89.2 Å². The quantitative estimate of drug-likeness (QED) is 0.789. The van der Waals surface area contributed by atoms with Gasteiger partial charge in [0.2, 0.25) is 5.13 Å². The first-order chi connectivity index (χ1) is 10.2. The van der Waals surface area contributed by atoms with E-state index in [2.05, 4.69) is 20.5 Å². The highest BCUT2D eigenvalue weighted by Gasteiger charge is 2.15. The van der Waals surface area contributed by atoms with Crippen LogP contribution in [-0.2, 0) is 6.42 Å². The minimum Gasteiger partial charge on any atom is -0.296 e. The molecule has 0 aliphatic carbocycles. The highest BCUT2D eigenvalue weighted by atomic mass is 32.1. The molecule has 3 heterocycles. The van der Waals surface area contributed by atoms with Gasteiger partial charge in [0.15, 0.2) is 0 Å². The number of pyridine rings is 1. The number of aryl methyl sites for hydroxylation is 1. The fraction of sp³-hybridized carbons (Fsp3) is 0.154. The Morgan fingerprint density at radius 3 is 3.00 bits per heavy atom. The maximum Gasteiger partial charge on any atom is 0.270 e. The lowest BCUT2D eigenvalue weighted by Gasteiger charge is -2.03. The number of carbonyl (C=O) groups excluding carboxylic acids is 1. The Balaban J connectivity index is 1.94. The van der Waals surface area contributed by atoms with Gasteiger partial charge < -0.3 is 0 Å². The number of nitrogens with one attached hydrogen (secondary N) is 1. The van der Waals surface area contributed by atoms with Crippen LogP contribution in [0.3, 0.4) is 0 Å². The molecule has 0 aromatic carbocycles. The lowest BCUT2D eigenvalue weighted by atomic mass is 10.3. The average molecular weight is 301 g/mol. The highest BCUT2D eigenvalue weighted by Crippen LogP contribution is 2.15. The summed E-state index contributed by atoms with van der Waals surface area (Å²) in [6, 6.07) is 5.17. The van der Waals surface area contributed by atoms with Crippen molar-refractivity contribution < 1.29 is 4.79 Å². The molecule has 1 amide bonds. The molecular formula is C13H11N5O2S. The first kappa shape index (κ1) is 13.4. The van der Waals surface area contributed by atoms with Crippen molar-refractivity contribution in [3.63, 3.8) is 0 Å². The first-order valence-electron chi connectivity index (χ1n) is 6.29. The zero-order valence-corrected chi connectivity index (χ0v) is 11.9. The van der Waals surface area contributed by atoms with Crippen molar-refractivity contribution >= 4 is 28.0 Å². The van der Waals surface area contributed by atoms with Gasteiger partial charge in [-0.2, -0.15) is 0 Å². The summed E-state index contributed by atoms with van der Waals surface area (Å²) >= 11 is 1.28. The predicted octanol–water partition coefficient (Wildman–Crippen LogP) is 1.36. The SMILES string of the molecule is CCc1nnc(NC(=O)c2cnc3ccccn3c2=O)s1. The molecule has 3 rings (SSSR count). The minimum atomic E-state index is -0.537. The Morgan fingerprint density at radius 1 is 1.38 bits per heavy atom. The van der Waals surface area contributed by atoms with Gasteiger partial charge in [-0.25, -0.2) is 4.98 Å². The molecule has 7 nitrogen and oxygen atoms in total. The van der Waals surface area contributed by atoms with Crippen molar-refractivity contribution in [2.75, 3.05) is 5.32 Å². The molecule has 0 aliphatic rings. The van der Waals surface area contributed by atoms with Crippen molar-refractivity contribution in [1.29, 1.82) is 0 Å². The molecule has 0 radical (unpaired) electrons. The van der Waals surface area contributed by atoms with E-state index >= 15 is 0 Å². The molecule has 21 heavy (non-hydrogen) atoms. The van der Waals surface area contributed by atoms with Gasteiger partial charge in [-0.3, -0.25) is 19.3 Å². The number of hydrogen-bond donors (Lipinski definition) is 1. The van der Waals surface area contributed by atoms with Crippen LogP contribution >= 0.6 is 11.3 Å². The van der Waals surface area contributed by atoms with E-state index in [1.54, 1.807) is 24.4 Å². The highest BCUT2D eigenvalue weighted by molar-refractivity contribution is 7.15. The molecular weight excluding hydrogens is 290 g/mol. The van der Waals surface area contributed by atoms with Gasteiger partial charge in [-0.15, -0.1) is 10.2 Å². The molecule has 1 N–H and O–H groups in total. The molecule has 0 atom stereocenters. The summed E-state index contributed by atoms with van der Waals surface area (Å²) < 4.78 is 1.33. The second-order valence-corrected chi connectivity index (χ2v) is 5.28. The van der Waals surface area contributed by atoms with Crippen molar-refractivity contribution in [3.8, 4) is 0 Å². The van der Waals surface area contributed by atoms with Crippen LogP contribution in [0, 0.1) is 0 Å². The van der Waals surface area contributed by atoms with Crippen LogP contribution in [0.4, 0.5) is 5.13 Å². The zero-order valence-electron chi connectivity index (χ0n) is 11.1. The summed E-state index contributed by atoms with van der Waals surface area (Å²) in [4.78, 5) is 28.5. The predicted molar refractivity (Wildman–Crippen MR) is 78.7 cm³/mol. The molecule has 0 saturated heterocycles. The number of fused-ring (bicyclic) bond motifs is 1. The van der Waals surface area contributed by atoms with E-state index in [1.165, 1.54) is 21.9 Å². The smallest absolute Gasteiger partial charge is 0.270 e. The van der Waals surface area contributed by atoms with Gasteiger partial charge >= 0.3 is 0 Å². The van der Waals surface area contributed by atoms with Crippen molar-refractivity contribution in [3.05, 3.63) is 51.5 Å². The third-order valence-corrected chi connectivity index (χ3v) is 3.83. The van der Waals surface area contributed by atoms with Crippen LogP contribution in [-0.4, -0.2) is 25.5 Å². The van der Waals surface area contributed by atoms with E-state index in [9.17, 15) is 9.59 Å². The maximum absolute atomic E-state index is 12.3. The minimum absolute atomic E-state index is 0.0352. The van der Waals surface area contributed by atoms with Gasteiger partial charge in [0.05, 0.1) is 0 Å². The molecule has 106 valence electrons. The summed E-state index contributed by atoms with van der Waals surface area (Å²) in [5, 5.41) is 11.5. The summed E-state index contributed by atoms with van der Waals surface area (Å²) in [5.41, 5.74) is 0.0357. The average Bonchev–Trinajstić information content (AvgIpc) is 2.95. The van der Waals surface area contributed by atoms with Crippen molar-refractivity contribution in [1.82, 2.24) is 19.6 Å². The largest absolute Gasteiger partial charge is 0.296 e. The van der Waals surface area contributed by atoms with Crippen LogP contribution in [0.5, 0.6) is 0 Å². The van der Waals surface area contributed by atoms with E-state index in [0.717, 1.165) is 11.4 Å². The van der Waals surface area contributed by atoms with E-state index < -0.39 is 11.5 Å². The Bertz CT molecular complexity index is 870. The molecule has 3 aromatic rings. The van der Waals surface area contributed by atoms with E-state index in [1.807, 2.05) is 6.92 Å². The fourth-order valence-corrected chi connectivity index (χ4v) is 2.47. The van der Waals surface area contributed by atoms with Crippen LogP contribution in [0.2, 0.25) is 0 Å². The monoisotopic (exact) mass is 301 g/mol. The maximum atomic E-state index is 12.3. The first-order valence-corrected chi connectivity index (χ1v) is 7.11. The number of nitrogens with zero attached hydrogens (tertiary/aromatic N) is 4. The summed E-state index contributed by atoms with van der Waals surface area (Å²) in [6.07, 6.45) is 3.59. The van der Waals surface area contributed by atoms with Crippen LogP contribution in [0.25, 0.3) is 5.65 Å². The third-order valence-electron chi connectivity index (χ3n) is 2.85. The van der Waals surface area contributed by atoms with E-state index in [4.69, 9.17) is 0 Å². The number of rotatable bonds is 3. The number of anilines is 1. The van der Waals surface area contributed by atoms with Crippen LogP contribution in [0.1, 0.15) is 22.3 Å². The number of amides is 1. The number of carbonyl (C=O) groups is 1. The molecule has 0 aliphatic heterocycles. The summed E-state index contributed by atoms with van der Waals surface area (Å²) in [7, 11) is 0. The Kier molecular flexibility index (Phi) is 3.44. The van der Waals surface area contributed by atoms with Crippen LogP contribution < -0.4 is 10.9 Å².